The molecule has 2 heterocycles. The summed E-state index contributed by atoms with van der Waals surface area (Å²) in [5.41, 5.74) is 2.35. The number of nitrogens with zero attached hydrogens (tertiary/aromatic N) is 2. The van der Waals surface area contributed by atoms with Crippen molar-refractivity contribution in [2.45, 2.75) is 13.1 Å². The van der Waals surface area contributed by atoms with Crippen LogP contribution in [0, 0.1) is 24.7 Å². The van der Waals surface area contributed by atoms with Crippen LogP contribution in [0.3, 0.4) is 0 Å². The molecule has 0 fully saturated rings. The smallest absolute Gasteiger partial charge is 0.0834 e. The standard InChI is InChI=1S/C20H14N2/c1-3-11-21-13-9-17-15-6-8-20-18(10-14-22(20)12-4-2)16(15)5-7-19(17)21/h1-2,5-10,13-14H,11-12H2. The lowest BCUT2D eigenvalue weighted by Gasteiger charge is -2.06. The van der Waals surface area contributed by atoms with Crippen LogP contribution in [0.1, 0.15) is 0 Å². The molecule has 4 aromatic rings. The van der Waals surface area contributed by atoms with E-state index in [0.29, 0.717) is 13.1 Å². The number of aromatic nitrogens is 2. The molecule has 2 aromatic heterocycles. The van der Waals surface area contributed by atoms with Gasteiger partial charge in [0.05, 0.1) is 13.1 Å². The number of fused-ring (bicyclic) bond motifs is 5. The molecule has 0 atom stereocenters. The number of hydrogen-bond donors (Lipinski definition) is 0. The molecule has 22 heavy (non-hydrogen) atoms. The highest BCUT2D eigenvalue weighted by Crippen LogP contribution is 2.32. The summed E-state index contributed by atoms with van der Waals surface area (Å²) >= 11 is 0. The van der Waals surface area contributed by atoms with E-state index in [-0.39, 0.29) is 0 Å². The van der Waals surface area contributed by atoms with Gasteiger partial charge in [-0.15, -0.1) is 12.8 Å². The summed E-state index contributed by atoms with van der Waals surface area (Å²) in [6.07, 6.45) is 15.0. The molecule has 0 amide bonds. The van der Waals surface area contributed by atoms with Crippen molar-refractivity contribution in [2.75, 3.05) is 0 Å². The maximum atomic E-state index is 5.44. The van der Waals surface area contributed by atoms with Crippen LogP contribution >= 0.6 is 0 Å². The Morgan fingerprint density at radius 2 is 1.09 bits per heavy atom. The van der Waals surface area contributed by atoms with Gasteiger partial charge in [-0.3, -0.25) is 0 Å². The molecule has 2 heteroatoms. The zero-order chi connectivity index (χ0) is 15.1. The Morgan fingerprint density at radius 3 is 1.50 bits per heavy atom. The molecule has 0 aliphatic rings. The Bertz CT molecular complexity index is 1000. The average molecular weight is 282 g/mol. The Morgan fingerprint density at radius 1 is 0.636 bits per heavy atom. The van der Waals surface area contributed by atoms with Crippen molar-refractivity contribution < 1.29 is 0 Å². The quantitative estimate of drug-likeness (QED) is 0.492. The third-order valence-corrected chi connectivity index (χ3v) is 4.22. The minimum Gasteiger partial charge on any atom is -0.336 e. The van der Waals surface area contributed by atoms with Crippen LogP contribution in [-0.2, 0) is 13.1 Å². The lowest BCUT2D eigenvalue weighted by atomic mass is 10.0. The van der Waals surface area contributed by atoms with E-state index in [1.54, 1.807) is 0 Å². The Hall–Kier alpha value is -3.10. The van der Waals surface area contributed by atoms with E-state index in [2.05, 4.69) is 69.8 Å². The molecule has 4 rings (SSSR count). The average Bonchev–Trinajstić information content (AvgIpc) is 3.13. The summed E-state index contributed by atoms with van der Waals surface area (Å²) in [7, 11) is 0. The third-order valence-electron chi connectivity index (χ3n) is 4.22. The first kappa shape index (κ1) is 12.6. The highest BCUT2D eigenvalue weighted by Gasteiger charge is 2.09. The van der Waals surface area contributed by atoms with Crippen molar-refractivity contribution in [1.29, 1.82) is 0 Å². The summed E-state index contributed by atoms with van der Waals surface area (Å²) < 4.78 is 4.20. The fourth-order valence-electron chi connectivity index (χ4n) is 3.24. The molecule has 0 saturated carbocycles. The molecule has 0 radical (unpaired) electrons. The van der Waals surface area contributed by atoms with Crippen molar-refractivity contribution in [3.8, 4) is 24.7 Å². The minimum atomic E-state index is 0.593. The molecular weight excluding hydrogens is 268 g/mol. The van der Waals surface area contributed by atoms with Crippen molar-refractivity contribution >= 4 is 32.6 Å². The maximum Gasteiger partial charge on any atom is 0.0834 e. The van der Waals surface area contributed by atoms with Crippen LogP contribution in [0.5, 0.6) is 0 Å². The fourth-order valence-corrected chi connectivity index (χ4v) is 3.24. The number of benzene rings is 2. The lowest BCUT2D eigenvalue weighted by molar-refractivity contribution is 0.886. The monoisotopic (exact) mass is 282 g/mol. The van der Waals surface area contributed by atoms with E-state index in [1.165, 1.54) is 32.6 Å². The Labute approximate surface area is 129 Å². The molecule has 0 N–H and O–H groups in total. The van der Waals surface area contributed by atoms with Gasteiger partial charge in [-0.25, -0.2) is 0 Å². The molecule has 0 bridgehead atoms. The van der Waals surface area contributed by atoms with Gasteiger partial charge in [-0.1, -0.05) is 24.0 Å². The van der Waals surface area contributed by atoms with Crippen LogP contribution in [0.15, 0.2) is 48.8 Å². The first-order valence-electron chi connectivity index (χ1n) is 7.20. The van der Waals surface area contributed by atoms with Crippen LogP contribution in [0.4, 0.5) is 0 Å². The Kier molecular flexibility index (Phi) is 2.71. The highest BCUT2D eigenvalue weighted by atomic mass is 14.9. The first-order chi connectivity index (χ1) is 10.8. The van der Waals surface area contributed by atoms with Crippen molar-refractivity contribution in [2.24, 2.45) is 0 Å². The highest BCUT2D eigenvalue weighted by molar-refractivity contribution is 6.16. The molecular formula is C20H14N2. The zero-order valence-electron chi connectivity index (χ0n) is 12.1. The molecule has 0 aliphatic carbocycles. The van der Waals surface area contributed by atoms with Gasteiger partial charge in [0.1, 0.15) is 0 Å². The van der Waals surface area contributed by atoms with Gasteiger partial charge >= 0.3 is 0 Å². The Balaban J connectivity index is 2.06. The number of terminal acetylenes is 2. The molecule has 104 valence electrons. The van der Waals surface area contributed by atoms with E-state index in [9.17, 15) is 0 Å². The summed E-state index contributed by atoms with van der Waals surface area (Å²) in [5.74, 6) is 5.40. The number of rotatable bonds is 2. The SMILES string of the molecule is C#CCn1ccc2c3ccc4c(ccn4CC#C)c3ccc21. The number of hydrogen-bond acceptors (Lipinski definition) is 0. The normalized spacial score (nSPS) is 11.0. The maximum absolute atomic E-state index is 5.44. The van der Waals surface area contributed by atoms with E-state index in [1.807, 2.05) is 0 Å². The van der Waals surface area contributed by atoms with Crippen LogP contribution < -0.4 is 0 Å². The summed E-state index contributed by atoms with van der Waals surface area (Å²) in [5, 5.41) is 4.97. The van der Waals surface area contributed by atoms with E-state index >= 15 is 0 Å². The predicted octanol–water partition coefficient (Wildman–Crippen LogP) is 4.02. The first-order valence-corrected chi connectivity index (χ1v) is 7.20. The molecule has 0 unspecified atom stereocenters. The van der Waals surface area contributed by atoms with Crippen molar-refractivity contribution in [1.82, 2.24) is 9.13 Å². The fraction of sp³-hybridized carbons (Fsp3) is 0.100. The van der Waals surface area contributed by atoms with E-state index < -0.39 is 0 Å². The molecule has 2 nitrogen and oxygen atoms in total. The van der Waals surface area contributed by atoms with Gasteiger partial charge in [0.15, 0.2) is 0 Å². The van der Waals surface area contributed by atoms with Gasteiger partial charge in [0, 0.05) is 34.2 Å². The second-order valence-electron chi connectivity index (χ2n) is 5.39. The third kappa shape index (κ3) is 1.65. The summed E-state index contributed by atoms with van der Waals surface area (Å²) in [6, 6.07) is 12.9. The van der Waals surface area contributed by atoms with Gasteiger partial charge < -0.3 is 9.13 Å². The second-order valence-corrected chi connectivity index (χ2v) is 5.39. The van der Waals surface area contributed by atoms with Crippen LogP contribution in [0.25, 0.3) is 32.6 Å². The lowest BCUT2D eigenvalue weighted by Crippen LogP contribution is -1.93. The molecule has 0 spiro atoms. The van der Waals surface area contributed by atoms with Gasteiger partial charge in [-0.05, 0) is 35.0 Å². The van der Waals surface area contributed by atoms with Crippen molar-refractivity contribution in [3.05, 3.63) is 48.8 Å². The van der Waals surface area contributed by atoms with Crippen molar-refractivity contribution in [3.63, 3.8) is 0 Å². The van der Waals surface area contributed by atoms with Crippen LogP contribution in [0.2, 0.25) is 0 Å². The largest absolute Gasteiger partial charge is 0.336 e. The molecule has 2 aromatic carbocycles. The zero-order valence-corrected chi connectivity index (χ0v) is 12.1. The van der Waals surface area contributed by atoms with E-state index in [4.69, 9.17) is 12.8 Å². The topological polar surface area (TPSA) is 9.86 Å². The predicted molar refractivity (Wildman–Crippen MR) is 92.6 cm³/mol. The van der Waals surface area contributed by atoms with E-state index in [0.717, 1.165) is 0 Å². The summed E-state index contributed by atoms with van der Waals surface area (Å²) in [4.78, 5) is 0. The van der Waals surface area contributed by atoms with Gasteiger partial charge in [0.25, 0.3) is 0 Å². The van der Waals surface area contributed by atoms with Crippen LogP contribution in [-0.4, -0.2) is 9.13 Å². The molecule has 0 saturated heterocycles. The summed E-state index contributed by atoms with van der Waals surface area (Å²) in [6.45, 7) is 1.19. The molecule has 0 aliphatic heterocycles. The minimum absolute atomic E-state index is 0.593. The second kappa shape index (κ2) is 4.72. The van der Waals surface area contributed by atoms with Gasteiger partial charge in [0.2, 0.25) is 0 Å². The van der Waals surface area contributed by atoms with Gasteiger partial charge in [-0.2, -0.15) is 0 Å².